The maximum absolute atomic E-state index is 13.7. The molecule has 0 aliphatic heterocycles. The molecule has 0 fully saturated rings. The molecule has 5 aromatic carbocycles. The van der Waals surface area contributed by atoms with Gasteiger partial charge in [-0.25, -0.2) is 0 Å². The molecule has 0 aromatic heterocycles. The highest BCUT2D eigenvalue weighted by molar-refractivity contribution is 7.80. The van der Waals surface area contributed by atoms with Gasteiger partial charge >= 0.3 is 12.4 Å². The van der Waals surface area contributed by atoms with Gasteiger partial charge in [0, 0.05) is 5.69 Å². The molecule has 2 N–H and O–H groups in total. The summed E-state index contributed by atoms with van der Waals surface area (Å²) >= 11 is 5.67. The Bertz CT molecular complexity index is 1830. The van der Waals surface area contributed by atoms with E-state index in [4.69, 9.17) is 16.6 Å². The fourth-order valence-corrected chi connectivity index (χ4v) is 14.1. The maximum Gasteiger partial charge on any atom is 0.416 e. The normalized spacial score (nSPS) is 13.7. The average Bonchev–Trinajstić information content (AvgIpc) is 3.12. The summed E-state index contributed by atoms with van der Waals surface area (Å²) in [7, 11) is -4.16. The summed E-state index contributed by atoms with van der Waals surface area (Å²) in [6.45, 7) is 8.43. The molecule has 5 rings (SSSR count). The van der Waals surface area contributed by atoms with Crippen LogP contribution in [0.15, 0.2) is 140 Å². The summed E-state index contributed by atoms with van der Waals surface area (Å²) in [5.74, 6) is 0. The number of rotatable bonds is 11. The van der Waals surface area contributed by atoms with Crippen molar-refractivity contribution < 1.29 is 30.8 Å². The highest BCUT2D eigenvalue weighted by atomic mass is 32.1. The molecule has 0 aliphatic rings. The zero-order valence-corrected chi connectivity index (χ0v) is 32.4. The van der Waals surface area contributed by atoms with Gasteiger partial charge in [-0.15, -0.1) is 0 Å². The molecule has 0 saturated carbocycles. The van der Waals surface area contributed by atoms with Crippen LogP contribution < -0.4 is 31.6 Å². The van der Waals surface area contributed by atoms with Crippen LogP contribution in [0.3, 0.4) is 0 Å². The topological polar surface area (TPSA) is 33.3 Å². The third kappa shape index (κ3) is 9.75. The highest BCUT2D eigenvalue weighted by Crippen LogP contribution is 2.41. The van der Waals surface area contributed by atoms with Crippen LogP contribution in [0.1, 0.15) is 38.8 Å². The van der Waals surface area contributed by atoms with Crippen LogP contribution in [0, 0.1) is 0 Å². The fourth-order valence-electron chi connectivity index (χ4n) is 6.50. The van der Waals surface area contributed by atoms with Crippen molar-refractivity contribution in [1.82, 2.24) is 5.32 Å². The van der Waals surface area contributed by atoms with Crippen LogP contribution in [0.25, 0.3) is 0 Å². The molecule has 0 heterocycles. The van der Waals surface area contributed by atoms with Crippen LogP contribution in [0.4, 0.5) is 32.0 Å². The molecule has 0 radical (unpaired) electrons. The number of hydrogen-bond acceptors (Lipinski definition) is 2. The van der Waals surface area contributed by atoms with E-state index in [1.54, 1.807) is 0 Å². The Hall–Kier alpha value is -4.02. The van der Waals surface area contributed by atoms with Crippen molar-refractivity contribution >= 4 is 60.2 Å². The summed E-state index contributed by atoms with van der Waals surface area (Å²) < 4.78 is 89.9. The van der Waals surface area contributed by atoms with Gasteiger partial charge in [-0.3, -0.25) is 0 Å². The van der Waals surface area contributed by atoms with E-state index in [-0.39, 0.29) is 16.2 Å². The van der Waals surface area contributed by atoms with Gasteiger partial charge in [-0.2, -0.15) is 26.3 Å². The first-order chi connectivity index (χ1) is 25.0. The van der Waals surface area contributed by atoms with Crippen molar-refractivity contribution in [1.29, 1.82) is 0 Å². The monoisotopic (exact) mass is 782 g/mol. The van der Waals surface area contributed by atoms with E-state index in [1.807, 2.05) is 79.7 Å². The summed E-state index contributed by atoms with van der Waals surface area (Å²) in [5, 5.41) is 9.73. The Morgan fingerprint density at radius 3 is 1.43 bits per heavy atom. The van der Waals surface area contributed by atoms with E-state index < -0.39 is 57.6 Å². The largest absolute Gasteiger partial charge is 0.416 e. The zero-order chi connectivity index (χ0) is 38.4. The lowest BCUT2D eigenvalue weighted by atomic mass is 10.1. The molecule has 0 amide bonds. The number of hydrogen-bond donors (Lipinski definition) is 2. The second-order valence-electron chi connectivity index (χ2n) is 13.8. The molecule has 3 nitrogen and oxygen atoms in total. The van der Waals surface area contributed by atoms with Crippen molar-refractivity contribution in [3.05, 3.63) is 151 Å². The quantitative estimate of drug-likeness (QED) is 0.0606. The minimum Gasteiger partial charge on any atom is -0.403 e. The molecule has 0 spiro atoms. The van der Waals surface area contributed by atoms with Crippen LogP contribution in [0.5, 0.6) is 0 Å². The minimum atomic E-state index is -5.01. The SMILES string of the molecule is C[C@@H](O[Si](c1ccccc1)(c1ccccc1)C(C)(C)C)[C@@H](CP(c1ccccc1)c1ccccc1)NC(=S)Nc1cc(C(F)(F)F)cc(C(F)(F)F)c1. The van der Waals surface area contributed by atoms with Crippen molar-refractivity contribution in [3.8, 4) is 0 Å². The lowest BCUT2D eigenvalue weighted by Gasteiger charge is -2.46. The molecule has 0 unspecified atom stereocenters. The third-order valence-corrected chi connectivity index (χ3v) is 17.0. The molecular formula is C41H41F6N2OPSSi. The predicted molar refractivity (Wildman–Crippen MR) is 212 cm³/mol. The van der Waals surface area contributed by atoms with Gasteiger partial charge in [0.1, 0.15) is 0 Å². The Kier molecular flexibility index (Phi) is 12.5. The predicted octanol–water partition coefficient (Wildman–Crippen LogP) is 9.48. The van der Waals surface area contributed by atoms with Crippen molar-refractivity contribution in [2.45, 2.75) is 57.2 Å². The van der Waals surface area contributed by atoms with E-state index in [1.165, 1.54) is 0 Å². The van der Waals surface area contributed by atoms with Gasteiger partial charge in [0.25, 0.3) is 8.32 Å². The molecule has 0 aliphatic carbocycles. The number of nitrogens with one attached hydrogen (secondary N) is 2. The van der Waals surface area contributed by atoms with E-state index >= 15 is 0 Å². The number of thiocarbonyl (C=S) groups is 1. The molecule has 5 aromatic rings. The second-order valence-corrected chi connectivity index (χ2v) is 20.7. The van der Waals surface area contributed by atoms with E-state index in [2.05, 4.69) is 79.9 Å². The molecular weight excluding hydrogens is 742 g/mol. The van der Waals surface area contributed by atoms with Gasteiger partial charge in [0.2, 0.25) is 0 Å². The van der Waals surface area contributed by atoms with Gasteiger partial charge in [0.15, 0.2) is 5.11 Å². The fraction of sp³-hybridized carbons (Fsp3) is 0.244. The number of benzene rings is 5. The Labute approximate surface area is 314 Å². The summed E-state index contributed by atoms with van der Waals surface area (Å²) in [5.41, 5.74) is -3.30. The van der Waals surface area contributed by atoms with Crippen LogP contribution in [0.2, 0.25) is 5.04 Å². The molecule has 0 saturated heterocycles. The Morgan fingerprint density at radius 1 is 0.660 bits per heavy atom. The maximum atomic E-state index is 13.7. The molecule has 12 heteroatoms. The average molecular weight is 783 g/mol. The van der Waals surface area contributed by atoms with Crippen LogP contribution in [-0.4, -0.2) is 31.7 Å². The molecule has 53 heavy (non-hydrogen) atoms. The van der Waals surface area contributed by atoms with Gasteiger partial charge in [0.05, 0.1) is 23.3 Å². The molecule has 278 valence electrons. The van der Waals surface area contributed by atoms with Crippen molar-refractivity contribution in [2.75, 3.05) is 11.5 Å². The van der Waals surface area contributed by atoms with E-state index in [0.717, 1.165) is 21.0 Å². The number of alkyl halides is 6. The van der Waals surface area contributed by atoms with Crippen LogP contribution in [-0.2, 0) is 16.8 Å². The van der Waals surface area contributed by atoms with E-state index in [9.17, 15) is 26.3 Å². The first-order valence-electron chi connectivity index (χ1n) is 17.0. The summed E-state index contributed by atoms with van der Waals surface area (Å²) in [6, 6.07) is 41.0. The van der Waals surface area contributed by atoms with Gasteiger partial charge in [-0.05, 0) is 77.4 Å². The van der Waals surface area contributed by atoms with Crippen molar-refractivity contribution in [2.24, 2.45) is 0 Å². The Morgan fingerprint density at radius 2 is 1.06 bits per heavy atom. The highest BCUT2D eigenvalue weighted by Gasteiger charge is 2.52. The first kappa shape index (κ1) is 40.2. The van der Waals surface area contributed by atoms with E-state index in [0.29, 0.717) is 18.3 Å². The zero-order valence-electron chi connectivity index (χ0n) is 29.7. The number of anilines is 1. The van der Waals surface area contributed by atoms with Gasteiger partial charge in [-0.1, -0.05) is 142 Å². The van der Waals surface area contributed by atoms with Crippen LogP contribution >= 0.6 is 20.1 Å². The summed E-state index contributed by atoms with van der Waals surface area (Å²) in [4.78, 5) is 0. The number of halogens is 6. The molecule has 0 bridgehead atoms. The standard InChI is InChI=1S/C41H41F6N2OPSSi/c1-29(50-53(39(2,3)4,35-21-13-7-14-22-35)36-23-15-8-16-24-36)37(28-51(33-17-9-5-10-18-33)34-19-11-6-12-20-34)49-38(52)48-32-26-30(40(42,43)44)25-31(27-32)41(45,46)47/h5-27,29,37H,28H2,1-4H3,(H2,48,49,52)/t29-,37-/m1/s1. The Balaban J connectivity index is 1.59. The minimum absolute atomic E-state index is 0.0944. The lowest BCUT2D eigenvalue weighted by Crippen LogP contribution is -2.69. The lowest BCUT2D eigenvalue weighted by molar-refractivity contribution is -0.143. The second kappa shape index (κ2) is 16.6. The molecule has 2 atom stereocenters. The smallest absolute Gasteiger partial charge is 0.403 e. The van der Waals surface area contributed by atoms with Gasteiger partial charge < -0.3 is 15.1 Å². The first-order valence-corrected chi connectivity index (χ1v) is 20.9. The summed E-state index contributed by atoms with van der Waals surface area (Å²) in [6.07, 6.45) is -10.1. The third-order valence-electron chi connectivity index (χ3n) is 9.02. The van der Waals surface area contributed by atoms with Crippen molar-refractivity contribution in [3.63, 3.8) is 0 Å².